The fraction of sp³-hybridized carbons (Fsp3) is 0.636. The smallest absolute Gasteiger partial charge is 0.391 e. The van der Waals surface area contributed by atoms with Crippen LogP contribution in [0.2, 0.25) is 0 Å². The summed E-state index contributed by atoms with van der Waals surface area (Å²) in [5, 5.41) is 13.0. The van der Waals surface area contributed by atoms with Crippen molar-refractivity contribution in [1.82, 2.24) is 9.80 Å². The number of likely N-dealkylation sites (N-methyl/N-ethyl adjacent to an activating group) is 1. The molecule has 6 nitrogen and oxygen atoms in total. The van der Waals surface area contributed by atoms with Gasteiger partial charge in [0.05, 0.1) is 6.10 Å². The highest BCUT2D eigenvalue weighted by Crippen LogP contribution is 2.46. The number of aliphatic hydroxyl groups is 1. The minimum absolute atomic E-state index is 0.00175. The topological polar surface area (TPSA) is 72.7 Å². The molecule has 2 heterocycles. The maximum Gasteiger partial charge on any atom is 0.412 e. The van der Waals surface area contributed by atoms with Crippen LogP contribution in [0, 0.1) is 17.8 Å². The maximum absolute atomic E-state index is 14.5. The first-order valence-electron chi connectivity index (χ1n) is 15.3. The molecule has 0 saturated carbocycles. The van der Waals surface area contributed by atoms with E-state index in [2.05, 4.69) is 37.7 Å². The van der Waals surface area contributed by atoms with Crippen LogP contribution in [0.3, 0.4) is 0 Å². The molecule has 9 heteroatoms. The van der Waals surface area contributed by atoms with Crippen molar-refractivity contribution in [1.29, 1.82) is 0 Å². The van der Waals surface area contributed by atoms with Gasteiger partial charge in [0.15, 0.2) is 0 Å². The Balaban J connectivity index is 1.67. The van der Waals surface area contributed by atoms with E-state index in [1.807, 2.05) is 25.1 Å². The Kier molecular flexibility index (Phi) is 9.93. The molecule has 232 valence electrons. The number of benzene rings is 1. The molecule has 1 aliphatic carbocycles. The largest absolute Gasteiger partial charge is 0.412 e. The molecule has 42 heavy (non-hydrogen) atoms. The Labute approximate surface area is 248 Å². The van der Waals surface area contributed by atoms with Crippen LogP contribution >= 0.6 is 0 Å². The van der Waals surface area contributed by atoms with Crippen LogP contribution in [-0.2, 0) is 15.0 Å². The molecule has 2 fully saturated rings. The van der Waals surface area contributed by atoms with Gasteiger partial charge in [-0.2, -0.15) is 13.2 Å². The van der Waals surface area contributed by atoms with Crippen molar-refractivity contribution in [2.45, 2.75) is 89.5 Å². The highest BCUT2D eigenvalue weighted by Gasteiger charge is 2.47. The summed E-state index contributed by atoms with van der Waals surface area (Å²) < 4.78 is 43.5. The normalized spacial score (nSPS) is 28.4. The van der Waals surface area contributed by atoms with Crippen LogP contribution in [0.4, 0.5) is 18.9 Å². The van der Waals surface area contributed by atoms with Gasteiger partial charge in [0, 0.05) is 48.8 Å². The Morgan fingerprint density at radius 3 is 2.50 bits per heavy atom. The Morgan fingerprint density at radius 1 is 1.21 bits per heavy atom. The number of carbonyl (C=O) groups is 2. The maximum atomic E-state index is 14.5. The van der Waals surface area contributed by atoms with Crippen molar-refractivity contribution in [3.05, 3.63) is 53.6 Å². The number of aliphatic hydroxyl groups excluding tert-OH is 1. The summed E-state index contributed by atoms with van der Waals surface area (Å²) in [6.45, 7) is 11.5. The molecule has 1 aromatic rings. The number of rotatable bonds is 10. The third-order valence-electron chi connectivity index (χ3n) is 9.46. The molecule has 2 saturated heterocycles. The van der Waals surface area contributed by atoms with E-state index in [4.69, 9.17) is 0 Å². The number of halogens is 3. The summed E-state index contributed by atoms with van der Waals surface area (Å²) >= 11 is 0. The van der Waals surface area contributed by atoms with E-state index in [-0.39, 0.29) is 29.9 Å². The monoisotopic (exact) mass is 589 g/mol. The highest BCUT2D eigenvalue weighted by molar-refractivity contribution is 5.94. The van der Waals surface area contributed by atoms with Crippen molar-refractivity contribution >= 4 is 17.5 Å². The van der Waals surface area contributed by atoms with E-state index in [0.29, 0.717) is 37.5 Å². The molecule has 4 rings (SSSR count). The number of hydrogen-bond acceptors (Lipinski definition) is 4. The van der Waals surface area contributed by atoms with E-state index in [1.165, 1.54) is 11.0 Å². The van der Waals surface area contributed by atoms with Crippen LogP contribution in [0.25, 0.3) is 0 Å². The van der Waals surface area contributed by atoms with Gasteiger partial charge >= 0.3 is 6.18 Å². The van der Waals surface area contributed by atoms with Crippen molar-refractivity contribution in [2.24, 2.45) is 17.8 Å². The Hall–Kier alpha value is -2.65. The molecule has 1 aromatic carbocycles. The molecule has 2 aliphatic heterocycles. The summed E-state index contributed by atoms with van der Waals surface area (Å²) in [7, 11) is 2.10. The zero-order valence-electron chi connectivity index (χ0n) is 25.3. The number of allylic oxidation sites excluding steroid dienone is 3. The molecule has 4 unspecified atom stereocenters. The van der Waals surface area contributed by atoms with Gasteiger partial charge in [-0.1, -0.05) is 58.4 Å². The van der Waals surface area contributed by atoms with Crippen molar-refractivity contribution in [3.8, 4) is 0 Å². The molecule has 2 N–H and O–H groups in total. The molecule has 0 radical (unpaired) electrons. The predicted molar refractivity (Wildman–Crippen MR) is 159 cm³/mol. The lowest BCUT2D eigenvalue weighted by molar-refractivity contribution is -0.136. The van der Waals surface area contributed by atoms with Gasteiger partial charge in [0.2, 0.25) is 11.8 Å². The van der Waals surface area contributed by atoms with Crippen molar-refractivity contribution < 1.29 is 27.9 Å². The molecule has 6 atom stereocenters. The average Bonchev–Trinajstić information content (AvgIpc) is 3.48. The second-order valence-corrected chi connectivity index (χ2v) is 13.1. The van der Waals surface area contributed by atoms with Gasteiger partial charge in [-0.05, 0) is 73.8 Å². The molecule has 0 spiro atoms. The number of alkyl halides is 3. The van der Waals surface area contributed by atoms with E-state index >= 15 is 0 Å². The second kappa shape index (κ2) is 12.9. The van der Waals surface area contributed by atoms with Gasteiger partial charge in [-0.3, -0.25) is 9.59 Å². The number of hydrogen-bond donors (Lipinski definition) is 2. The van der Waals surface area contributed by atoms with Gasteiger partial charge in [-0.15, -0.1) is 0 Å². The summed E-state index contributed by atoms with van der Waals surface area (Å²) in [5.74, 6) is -3.40. The molecular weight excluding hydrogens is 543 g/mol. The SMILES string of the molecule is C=CC1=C(C(F)(F)F)CC(C(=O)N2CC[C@H](O)C2)CC(C(=O)Nc2cccc(C(C)(C)CC3CN3C)c2)[C@H]1CCCC. The Bertz CT molecular complexity index is 1190. The molecule has 0 aromatic heterocycles. The van der Waals surface area contributed by atoms with Crippen molar-refractivity contribution in [2.75, 3.05) is 32.0 Å². The first-order chi connectivity index (χ1) is 19.7. The fourth-order valence-electron chi connectivity index (χ4n) is 6.84. The zero-order valence-corrected chi connectivity index (χ0v) is 25.3. The lowest BCUT2D eigenvalue weighted by Crippen LogP contribution is -2.38. The van der Waals surface area contributed by atoms with Gasteiger partial charge in [0.25, 0.3) is 0 Å². The second-order valence-electron chi connectivity index (χ2n) is 13.1. The van der Waals surface area contributed by atoms with Crippen LogP contribution in [-0.4, -0.2) is 71.7 Å². The van der Waals surface area contributed by atoms with Crippen LogP contribution in [0.5, 0.6) is 0 Å². The number of likely N-dealkylation sites (tertiary alicyclic amines) is 1. The number of β-amino-alcohol motifs (C(OH)–C–C–N with tert-alkyl or cyclic N) is 1. The number of amides is 2. The average molecular weight is 590 g/mol. The predicted octanol–water partition coefficient (Wildman–Crippen LogP) is 6.08. The van der Waals surface area contributed by atoms with Crippen LogP contribution in [0.15, 0.2) is 48.1 Å². The highest BCUT2D eigenvalue weighted by atomic mass is 19.4. The van der Waals surface area contributed by atoms with E-state index < -0.39 is 47.9 Å². The first-order valence-corrected chi connectivity index (χ1v) is 15.3. The van der Waals surface area contributed by atoms with Crippen LogP contribution in [0.1, 0.15) is 71.3 Å². The summed E-state index contributed by atoms with van der Waals surface area (Å²) in [6.07, 6.45) is -1.42. The van der Waals surface area contributed by atoms with E-state index in [9.17, 15) is 27.9 Å². The third-order valence-corrected chi connectivity index (χ3v) is 9.46. The summed E-state index contributed by atoms with van der Waals surface area (Å²) in [4.78, 5) is 31.3. The fourth-order valence-corrected chi connectivity index (χ4v) is 6.84. The van der Waals surface area contributed by atoms with Crippen molar-refractivity contribution in [3.63, 3.8) is 0 Å². The molecule has 2 amide bonds. The summed E-state index contributed by atoms with van der Waals surface area (Å²) in [6, 6.07) is 8.23. The molecular formula is C33H46F3N3O3. The minimum atomic E-state index is -4.65. The van der Waals surface area contributed by atoms with Gasteiger partial charge < -0.3 is 20.2 Å². The number of unbranched alkanes of at least 4 members (excludes halogenated alkanes) is 1. The quantitative estimate of drug-likeness (QED) is 0.325. The van der Waals surface area contributed by atoms with E-state index in [1.54, 1.807) is 6.07 Å². The number of nitrogens with one attached hydrogen (secondary N) is 1. The van der Waals surface area contributed by atoms with Crippen LogP contribution < -0.4 is 5.32 Å². The minimum Gasteiger partial charge on any atom is -0.391 e. The standard InChI is InChI=1S/C33H46F3N3O3/c1-6-8-12-27-26(7-2)29(33(34,35)36)16-21(31(42)39-14-13-25(40)20-39)15-28(27)30(41)37-23-11-9-10-22(17-23)32(3,4)18-24-19-38(24)5/h7,9-11,17,21,24-25,27-28,40H,2,6,8,12-16,18-20H2,1,3-5H3,(H,37,41)/t21?,24?,25-,27-,28?,38?/m0/s1. The Morgan fingerprint density at radius 2 is 1.93 bits per heavy atom. The lowest BCUT2D eigenvalue weighted by atomic mass is 9.78. The molecule has 0 bridgehead atoms. The summed E-state index contributed by atoms with van der Waals surface area (Å²) in [5.41, 5.74) is 0.812. The number of carbonyl (C=O) groups excluding carboxylic acids is 2. The third kappa shape index (κ3) is 7.46. The molecule has 3 aliphatic rings. The van der Waals surface area contributed by atoms with E-state index in [0.717, 1.165) is 24.9 Å². The van der Waals surface area contributed by atoms with Gasteiger partial charge in [0.1, 0.15) is 0 Å². The number of nitrogens with zero attached hydrogens (tertiary/aromatic N) is 2. The lowest BCUT2D eigenvalue weighted by Gasteiger charge is -2.29. The van der Waals surface area contributed by atoms with Gasteiger partial charge in [-0.25, -0.2) is 0 Å². The zero-order chi connectivity index (χ0) is 30.8. The first kappa shape index (κ1) is 32.3. The number of anilines is 1.